The molecule has 0 radical (unpaired) electrons. The molecule has 0 fully saturated rings. The van der Waals surface area contributed by atoms with Crippen LogP contribution >= 0.6 is 0 Å². The summed E-state index contributed by atoms with van der Waals surface area (Å²) >= 11 is 0. The van der Waals surface area contributed by atoms with Crippen LogP contribution in [0, 0.1) is 13.8 Å². The number of carbonyl (C=O) groups is 1. The lowest BCUT2D eigenvalue weighted by Crippen LogP contribution is -2.45. The van der Waals surface area contributed by atoms with Crippen LogP contribution < -0.4 is 11.1 Å². The Labute approximate surface area is 126 Å². The molecule has 0 aliphatic rings. The fourth-order valence-corrected chi connectivity index (χ4v) is 2.37. The van der Waals surface area contributed by atoms with Gasteiger partial charge in [-0.1, -0.05) is 18.2 Å². The number of rotatable bonds is 4. The molecular formula is C17H23N3O. The molecule has 1 aromatic heterocycles. The lowest BCUT2D eigenvalue weighted by atomic mass is 10.1. The van der Waals surface area contributed by atoms with Gasteiger partial charge in [-0.2, -0.15) is 0 Å². The van der Waals surface area contributed by atoms with Crippen LogP contribution in [0.1, 0.15) is 35.6 Å². The monoisotopic (exact) mass is 285 g/mol. The predicted molar refractivity (Wildman–Crippen MR) is 85.8 cm³/mol. The number of nitrogens with one attached hydrogen (secondary N) is 1. The van der Waals surface area contributed by atoms with Gasteiger partial charge in [-0.05, 0) is 45.9 Å². The SMILES string of the molecule is Cc1cc(C(=O)NCC(C)(C)N)c(C)n1-c1ccccc1. The van der Waals surface area contributed by atoms with E-state index in [0.29, 0.717) is 12.1 Å². The van der Waals surface area contributed by atoms with Gasteiger partial charge in [-0.3, -0.25) is 4.79 Å². The summed E-state index contributed by atoms with van der Waals surface area (Å²) in [5.74, 6) is -0.0798. The van der Waals surface area contributed by atoms with Gasteiger partial charge in [0, 0.05) is 29.2 Å². The average molecular weight is 285 g/mol. The summed E-state index contributed by atoms with van der Waals surface area (Å²) in [5.41, 5.74) is 9.22. The molecule has 2 rings (SSSR count). The Morgan fingerprint density at radius 1 is 1.24 bits per heavy atom. The molecule has 0 unspecified atom stereocenters. The van der Waals surface area contributed by atoms with Gasteiger partial charge in [0.25, 0.3) is 5.91 Å². The normalized spacial score (nSPS) is 11.5. The van der Waals surface area contributed by atoms with E-state index in [1.165, 1.54) is 0 Å². The molecule has 0 saturated carbocycles. The number of para-hydroxylation sites is 1. The van der Waals surface area contributed by atoms with Crippen molar-refractivity contribution in [2.45, 2.75) is 33.2 Å². The van der Waals surface area contributed by atoms with Crippen LogP contribution in [-0.4, -0.2) is 22.6 Å². The second kappa shape index (κ2) is 5.74. The molecular weight excluding hydrogens is 262 g/mol. The number of hydrogen-bond donors (Lipinski definition) is 2. The van der Waals surface area contributed by atoms with E-state index in [2.05, 4.69) is 9.88 Å². The van der Waals surface area contributed by atoms with Crippen molar-refractivity contribution in [1.29, 1.82) is 0 Å². The number of amides is 1. The van der Waals surface area contributed by atoms with E-state index in [1.807, 2.05) is 64.1 Å². The van der Waals surface area contributed by atoms with Crippen LogP contribution in [0.15, 0.2) is 36.4 Å². The number of carbonyl (C=O) groups excluding carboxylic acids is 1. The molecule has 4 heteroatoms. The van der Waals surface area contributed by atoms with Crippen molar-refractivity contribution in [3.05, 3.63) is 53.3 Å². The molecule has 0 spiro atoms. The zero-order chi connectivity index (χ0) is 15.6. The lowest BCUT2D eigenvalue weighted by molar-refractivity contribution is 0.0945. The number of benzene rings is 1. The van der Waals surface area contributed by atoms with E-state index in [4.69, 9.17) is 5.73 Å². The van der Waals surface area contributed by atoms with E-state index in [1.54, 1.807) is 0 Å². The van der Waals surface area contributed by atoms with Crippen molar-refractivity contribution in [2.75, 3.05) is 6.54 Å². The minimum absolute atomic E-state index is 0.0798. The van der Waals surface area contributed by atoms with Gasteiger partial charge in [-0.15, -0.1) is 0 Å². The van der Waals surface area contributed by atoms with Crippen LogP contribution in [0.3, 0.4) is 0 Å². The first-order valence-electron chi connectivity index (χ1n) is 7.11. The minimum Gasteiger partial charge on any atom is -0.350 e. The molecule has 3 N–H and O–H groups in total. The first kappa shape index (κ1) is 15.3. The molecule has 0 atom stereocenters. The summed E-state index contributed by atoms with van der Waals surface area (Å²) in [5, 5.41) is 2.89. The Kier molecular flexibility index (Phi) is 4.19. The van der Waals surface area contributed by atoms with Gasteiger partial charge >= 0.3 is 0 Å². The van der Waals surface area contributed by atoms with Crippen LogP contribution in [0.4, 0.5) is 0 Å². The number of hydrogen-bond acceptors (Lipinski definition) is 2. The molecule has 0 aliphatic carbocycles. The fourth-order valence-electron chi connectivity index (χ4n) is 2.37. The summed E-state index contributed by atoms with van der Waals surface area (Å²) in [6.45, 7) is 8.19. The van der Waals surface area contributed by atoms with Crippen molar-refractivity contribution >= 4 is 5.91 Å². The first-order chi connectivity index (χ1) is 9.79. The van der Waals surface area contributed by atoms with Crippen LogP contribution in [-0.2, 0) is 0 Å². The van der Waals surface area contributed by atoms with E-state index in [9.17, 15) is 4.79 Å². The standard InChI is InChI=1S/C17H23N3O/c1-12-10-15(16(21)19-11-17(3,4)18)13(2)20(12)14-8-6-5-7-9-14/h5-10H,11,18H2,1-4H3,(H,19,21). The summed E-state index contributed by atoms with van der Waals surface area (Å²) in [4.78, 5) is 12.3. The Bertz CT molecular complexity index is 636. The zero-order valence-electron chi connectivity index (χ0n) is 13.1. The van der Waals surface area contributed by atoms with Crippen LogP contribution in [0.25, 0.3) is 5.69 Å². The molecule has 0 bridgehead atoms. The van der Waals surface area contributed by atoms with Crippen LogP contribution in [0.2, 0.25) is 0 Å². The number of nitrogens with zero attached hydrogens (tertiary/aromatic N) is 1. The van der Waals surface area contributed by atoms with E-state index < -0.39 is 5.54 Å². The highest BCUT2D eigenvalue weighted by atomic mass is 16.1. The van der Waals surface area contributed by atoms with Crippen LogP contribution in [0.5, 0.6) is 0 Å². The Hall–Kier alpha value is -2.07. The third-order valence-corrected chi connectivity index (χ3v) is 3.39. The van der Waals surface area contributed by atoms with Crippen molar-refractivity contribution in [2.24, 2.45) is 5.73 Å². The summed E-state index contributed by atoms with van der Waals surface area (Å²) in [6.07, 6.45) is 0. The number of aromatic nitrogens is 1. The fraction of sp³-hybridized carbons (Fsp3) is 0.353. The van der Waals surface area contributed by atoms with Crippen molar-refractivity contribution in [3.63, 3.8) is 0 Å². The van der Waals surface area contributed by atoms with Gasteiger partial charge in [-0.25, -0.2) is 0 Å². The highest BCUT2D eigenvalue weighted by molar-refractivity contribution is 5.96. The van der Waals surface area contributed by atoms with E-state index >= 15 is 0 Å². The van der Waals surface area contributed by atoms with Gasteiger partial charge in [0.05, 0.1) is 5.56 Å². The Balaban J connectivity index is 2.29. The lowest BCUT2D eigenvalue weighted by Gasteiger charge is -2.18. The maximum atomic E-state index is 12.3. The molecule has 21 heavy (non-hydrogen) atoms. The van der Waals surface area contributed by atoms with Crippen molar-refractivity contribution in [1.82, 2.24) is 9.88 Å². The maximum absolute atomic E-state index is 12.3. The quantitative estimate of drug-likeness (QED) is 0.907. The number of nitrogens with two attached hydrogens (primary N) is 1. The second-order valence-corrected chi connectivity index (χ2v) is 6.13. The summed E-state index contributed by atoms with van der Waals surface area (Å²) in [7, 11) is 0. The van der Waals surface area contributed by atoms with Gasteiger partial charge in [0.1, 0.15) is 0 Å². The molecule has 112 valence electrons. The molecule has 4 nitrogen and oxygen atoms in total. The third kappa shape index (κ3) is 3.52. The number of aryl methyl sites for hydroxylation is 1. The smallest absolute Gasteiger partial charge is 0.253 e. The van der Waals surface area contributed by atoms with Gasteiger partial charge in [0.2, 0.25) is 0 Å². The average Bonchev–Trinajstić information content (AvgIpc) is 2.71. The van der Waals surface area contributed by atoms with Crippen molar-refractivity contribution in [3.8, 4) is 5.69 Å². The molecule has 0 saturated heterocycles. The van der Waals surface area contributed by atoms with Gasteiger partial charge in [0.15, 0.2) is 0 Å². The van der Waals surface area contributed by atoms with E-state index in [0.717, 1.165) is 17.1 Å². The largest absolute Gasteiger partial charge is 0.350 e. The summed E-state index contributed by atoms with van der Waals surface area (Å²) < 4.78 is 2.09. The molecule has 1 aromatic carbocycles. The third-order valence-electron chi connectivity index (χ3n) is 3.39. The Morgan fingerprint density at radius 2 is 1.86 bits per heavy atom. The summed E-state index contributed by atoms with van der Waals surface area (Å²) in [6, 6.07) is 11.9. The maximum Gasteiger partial charge on any atom is 0.253 e. The van der Waals surface area contributed by atoms with E-state index in [-0.39, 0.29) is 5.91 Å². The second-order valence-electron chi connectivity index (χ2n) is 6.13. The molecule has 1 heterocycles. The highest BCUT2D eigenvalue weighted by Crippen LogP contribution is 2.20. The highest BCUT2D eigenvalue weighted by Gasteiger charge is 2.18. The van der Waals surface area contributed by atoms with Crippen molar-refractivity contribution < 1.29 is 4.79 Å². The first-order valence-corrected chi connectivity index (χ1v) is 7.11. The zero-order valence-corrected chi connectivity index (χ0v) is 13.1. The topological polar surface area (TPSA) is 60.1 Å². The molecule has 1 amide bonds. The molecule has 0 aliphatic heterocycles. The molecule has 2 aromatic rings. The minimum atomic E-state index is -0.416. The predicted octanol–water partition coefficient (Wildman–Crippen LogP) is 2.56. The van der Waals surface area contributed by atoms with Gasteiger partial charge < -0.3 is 15.6 Å². The Morgan fingerprint density at radius 3 is 2.43 bits per heavy atom.